The van der Waals surface area contributed by atoms with Crippen LogP contribution >= 0.6 is 11.6 Å². The van der Waals surface area contributed by atoms with Crippen molar-refractivity contribution in [1.82, 2.24) is 4.90 Å². The molecule has 1 heterocycles. The highest BCUT2D eigenvalue weighted by Gasteiger charge is 2.22. The molecule has 0 spiro atoms. The fourth-order valence-electron chi connectivity index (χ4n) is 2.29. The van der Waals surface area contributed by atoms with Crippen LogP contribution in [0.3, 0.4) is 0 Å². The van der Waals surface area contributed by atoms with Crippen LogP contribution in [0.5, 0.6) is 0 Å². The van der Waals surface area contributed by atoms with Gasteiger partial charge in [0.15, 0.2) is 0 Å². The molecular weight excluding hydrogens is 282 g/mol. The third kappa shape index (κ3) is 3.01. The maximum absolute atomic E-state index is 11.6. The van der Waals surface area contributed by atoms with E-state index in [0.717, 1.165) is 5.69 Å². The minimum absolute atomic E-state index is 0.0152. The summed E-state index contributed by atoms with van der Waals surface area (Å²) < 4.78 is 0. The number of nitro benzene ring substituents is 1. The topological polar surface area (TPSA) is 66.7 Å². The molecule has 0 aliphatic carbocycles. The normalized spacial score (nSPS) is 15.3. The van der Waals surface area contributed by atoms with Crippen molar-refractivity contribution in [1.29, 1.82) is 0 Å². The Morgan fingerprint density at radius 3 is 2.50 bits per heavy atom. The maximum atomic E-state index is 11.6. The number of nitrogens with zero attached hydrogens (tertiary/aromatic N) is 3. The van der Waals surface area contributed by atoms with Crippen molar-refractivity contribution in [3.63, 3.8) is 0 Å². The molecule has 0 N–H and O–H groups in total. The quantitative estimate of drug-likeness (QED) is 0.634. The lowest BCUT2D eigenvalue weighted by molar-refractivity contribution is -0.384. The Labute approximate surface area is 122 Å². The number of nitro groups is 1. The van der Waals surface area contributed by atoms with Crippen LogP contribution in [0.1, 0.15) is 13.3 Å². The van der Waals surface area contributed by atoms with Gasteiger partial charge in [0.2, 0.25) is 5.91 Å². The van der Waals surface area contributed by atoms with Crippen LogP contribution in [0.2, 0.25) is 5.02 Å². The summed E-state index contributed by atoms with van der Waals surface area (Å²) in [5, 5.41) is 11.1. The monoisotopic (exact) mass is 297 g/mol. The predicted octanol–water partition coefficient (Wildman–Crippen LogP) is 2.31. The molecule has 7 heteroatoms. The molecule has 0 aromatic heterocycles. The predicted molar refractivity (Wildman–Crippen MR) is 77.2 cm³/mol. The number of piperazine rings is 1. The minimum Gasteiger partial charge on any atom is -0.367 e. The summed E-state index contributed by atoms with van der Waals surface area (Å²) in [7, 11) is 0. The Kier molecular flexibility index (Phi) is 4.44. The van der Waals surface area contributed by atoms with E-state index < -0.39 is 4.92 Å². The van der Waals surface area contributed by atoms with Crippen molar-refractivity contribution < 1.29 is 9.72 Å². The molecule has 0 atom stereocenters. The highest BCUT2D eigenvalue weighted by Crippen LogP contribution is 2.30. The average molecular weight is 298 g/mol. The fourth-order valence-corrected chi connectivity index (χ4v) is 2.58. The minimum atomic E-state index is -0.465. The van der Waals surface area contributed by atoms with Gasteiger partial charge in [-0.1, -0.05) is 18.5 Å². The third-order valence-corrected chi connectivity index (χ3v) is 3.72. The highest BCUT2D eigenvalue weighted by atomic mass is 35.5. The van der Waals surface area contributed by atoms with E-state index in [0.29, 0.717) is 37.6 Å². The summed E-state index contributed by atoms with van der Waals surface area (Å²) >= 11 is 6.11. The van der Waals surface area contributed by atoms with E-state index in [-0.39, 0.29) is 11.6 Å². The molecule has 108 valence electrons. The molecule has 1 aromatic carbocycles. The van der Waals surface area contributed by atoms with Crippen LogP contribution in [0, 0.1) is 10.1 Å². The number of rotatable bonds is 3. The van der Waals surface area contributed by atoms with Gasteiger partial charge in [-0.3, -0.25) is 14.9 Å². The van der Waals surface area contributed by atoms with Crippen molar-refractivity contribution in [3.05, 3.63) is 33.3 Å². The standard InChI is InChI=1S/C13H16ClN3O3/c1-2-13(18)16-7-5-15(6-8-16)12-4-3-10(17(19)20)9-11(12)14/h3-4,9H,2,5-8H2,1H3. The van der Waals surface area contributed by atoms with Gasteiger partial charge in [0.05, 0.1) is 15.6 Å². The largest absolute Gasteiger partial charge is 0.367 e. The highest BCUT2D eigenvalue weighted by molar-refractivity contribution is 6.33. The van der Waals surface area contributed by atoms with E-state index in [1.807, 2.05) is 16.7 Å². The Morgan fingerprint density at radius 2 is 2.00 bits per heavy atom. The van der Waals surface area contributed by atoms with Gasteiger partial charge in [-0.15, -0.1) is 0 Å². The summed E-state index contributed by atoms with van der Waals surface area (Å²) in [4.78, 5) is 25.7. The van der Waals surface area contributed by atoms with Crippen molar-refractivity contribution in [2.75, 3.05) is 31.1 Å². The molecular formula is C13H16ClN3O3. The third-order valence-electron chi connectivity index (χ3n) is 3.42. The zero-order chi connectivity index (χ0) is 14.7. The smallest absolute Gasteiger partial charge is 0.271 e. The first-order chi connectivity index (χ1) is 9.52. The molecule has 0 radical (unpaired) electrons. The number of benzene rings is 1. The van der Waals surface area contributed by atoms with Gasteiger partial charge >= 0.3 is 0 Å². The summed E-state index contributed by atoms with van der Waals surface area (Å²) in [6.07, 6.45) is 0.512. The zero-order valence-electron chi connectivity index (χ0n) is 11.2. The molecule has 1 saturated heterocycles. The molecule has 1 aliphatic rings. The molecule has 0 unspecified atom stereocenters. The molecule has 1 fully saturated rings. The first-order valence-electron chi connectivity index (χ1n) is 6.49. The van der Waals surface area contributed by atoms with Gasteiger partial charge in [0.25, 0.3) is 5.69 Å². The lowest BCUT2D eigenvalue weighted by Gasteiger charge is -2.36. The van der Waals surface area contributed by atoms with E-state index in [9.17, 15) is 14.9 Å². The molecule has 0 bridgehead atoms. The van der Waals surface area contributed by atoms with E-state index >= 15 is 0 Å². The van der Waals surface area contributed by atoms with E-state index in [1.54, 1.807) is 6.07 Å². The van der Waals surface area contributed by atoms with Crippen LogP contribution < -0.4 is 4.90 Å². The summed E-state index contributed by atoms with van der Waals surface area (Å²) in [5.74, 6) is 0.152. The molecule has 1 amide bonds. The van der Waals surface area contributed by atoms with Gasteiger partial charge in [0.1, 0.15) is 0 Å². The lowest BCUT2D eigenvalue weighted by Crippen LogP contribution is -2.48. The molecule has 6 nitrogen and oxygen atoms in total. The van der Waals surface area contributed by atoms with Crippen molar-refractivity contribution >= 4 is 28.9 Å². The van der Waals surface area contributed by atoms with Crippen molar-refractivity contribution in [2.45, 2.75) is 13.3 Å². The second-order valence-corrected chi connectivity index (χ2v) is 5.02. The number of hydrogen-bond acceptors (Lipinski definition) is 4. The van der Waals surface area contributed by atoms with Gasteiger partial charge in [0, 0.05) is 44.7 Å². The average Bonchev–Trinajstić information content (AvgIpc) is 2.46. The van der Waals surface area contributed by atoms with Gasteiger partial charge in [-0.25, -0.2) is 0 Å². The van der Waals surface area contributed by atoms with Crippen molar-refractivity contribution in [2.24, 2.45) is 0 Å². The SMILES string of the molecule is CCC(=O)N1CCN(c2ccc([N+](=O)[O-])cc2Cl)CC1. The molecule has 0 saturated carbocycles. The Morgan fingerprint density at radius 1 is 1.35 bits per heavy atom. The first-order valence-corrected chi connectivity index (χ1v) is 6.87. The van der Waals surface area contributed by atoms with E-state index in [1.165, 1.54) is 12.1 Å². The molecule has 1 aliphatic heterocycles. The number of halogens is 1. The van der Waals surface area contributed by atoms with Gasteiger partial charge in [-0.05, 0) is 6.07 Å². The lowest BCUT2D eigenvalue weighted by atomic mass is 10.2. The second kappa shape index (κ2) is 6.09. The molecule has 1 aromatic rings. The van der Waals surface area contributed by atoms with Crippen molar-refractivity contribution in [3.8, 4) is 0 Å². The van der Waals surface area contributed by atoms with E-state index in [4.69, 9.17) is 11.6 Å². The summed E-state index contributed by atoms with van der Waals surface area (Å²) in [6, 6.07) is 4.48. The van der Waals surface area contributed by atoms with Gasteiger partial charge < -0.3 is 9.80 Å². The number of anilines is 1. The van der Waals surface area contributed by atoms with Gasteiger partial charge in [-0.2, -0.15) is 0 Å². The fraction of sp³-hybridized carbons (Fsp3) is 0.462. The Balaban J connectivity index is 2.07. The first kappa shape index (κ1) is 14.6. The maximum Gasteiger partial charge on any atom is 0.271 e. The second-order valence-electron chi connectivity index (χ2n) is 4.61. The number of hydrogen-bond donors (Lipinski definition) is 0. The molecule has 20 heavy (non-hydrogen) atoms. The zero-order valence-corrected chi connectivity index (χ0v) is 12.0. The van der Waals surface area contributed by atoms with Crippen LogP contribution in [0.25, 0.3) is 0 Å². The van der Waals surface area contributed by atoms with Crippen LogP contribution in [-0.2, 0) is 4.79 Å². The number of carbonyl (C=O) groups excluding carboxylic acids is 1. The summed E-state index contributed by atoms with van der Waals surface area (Å²) in [6.45, 7) is 4.52. The number of amides is 1. The molecule has 2 rings (SSSR count). The Hall–Kier alpha value is -1.82. The Bertz CT molecular complexity index is 528. The number of carbonyl (C=O) groups is 1. The van der Waals surface area contributed by atoms with Crippen LogP contribution in [0.4, 0.5) is 11.4 Å². The van der Waals surface area contributed by atoms with E-state index in [2.05, 4.69) is 0 Å². The number of non-ortho nitro benzene ring substituents is 1. The van der Waals surface area contributed by atoms with Crippen LogP contribution in [0.15, 0.2) is 18.2 Å². The summed E-state index contributed by atoms with van der Waals surface area (Å²) in [5.41, 5.74) is 0.763. The van der Waals surface area contributed by atoms with Crippen LogP contribution in [-0.4, -0.2) is 41.9 Å².